The highest BCUT2D eigenvalue weighted by atomic mass is 16.2. The zero-order chi connectivity index (χ0) is 13.1. The van der Waals surface area contributed by atoms with Crippen LogP contribution in [0.4, 0.5) is 5.95 Å². The van der Waals surface area contributed by atoms with Gasteiger partial charge in [-0.05, 0) is 24.8 Å². The van der Waals surface area contributed by atoms with Crippen molar-refractivity contribution in [2.24, 2.45) is 5.92 Å². The predicted octanol–water partition coefficient (Wildman–Crippen LogP) is 1.38. The van der Waals surface area contributed by atoms with E-state index in [1.807, 2.05) is 4.90 Å². The lowest BCUT2D eigenvalue weighted by molar-refractivity contribution is -0.136. The monoisotopic (exact) mass is 248 g/mol. The number of rotatable bonds is 3. The maximum absolute atomic E-state index is 12.3. The number of nitrogen functional groups attached to an aromatic ring is 1. The number of nitrogens with zero attached hydrogens (tertiary/aromatic N) is 3. The summed E-state index contributed by atoms with van der Waals surface area (Å²) in [5.74, 6) is 0.652. The first-order valence-electron chi connectivity index (χ1n) is 6.54. The van der Waals surface area contributed by atoms with Crippen molar-refractivity contribution in [1.82, 2.24) is 14.9 Å². The molecule has 0 aromatic carbocycles. The Balaban J connectivity index is 2.14. The molecule has 1 aliphatic heterocycles. The zero-order valence-corrected chi connectivity index (χ0v) is 11.0. The first-order valence-corrected chi connectivity index (χ1v) is 6.54. The van der Waals surface area contributed by atoms with Crippen molar-refractivity contribution in [3.05, 3.63) is 17.5 Å². The number of aromatic nitrogens is 2. The van der Waals surface area contributed by atoms with E-state index in [0.717, 1.165) is 37.1 Å². The number of fused-ring (bicyclic) bond motifs is 1. The molecule has 1 amide bonds. The number of amides is 1. The first-order chi connectivity index (χ1) is 8.65. The van der Waals surface area contributed by atoms with E-state index in [4.69, 9.17) is 5.73 Å². The lowest BCUT2D eigenvalue weighted by Crippen LogP contribution is -2.40. The molecule has 2 heterocycles. The molecule has 0 atom stereocenters. The molecule has 0 bridgehead atoms. The molecule has 0 fully saturated rings. The summed E-state index contributed by atoms with van der Waals surface area (Å²) >= 11 is 0. The van der Waals surface area contributed by atoms with E-state index in [2.05, 4.69) is 23.8 Å². The Bertz CT molecular complexity index is 443. The van der Waals surface area contributed by atoms with E-state index in [-0.39, 0.29) is 17.8 Å². The summed E-state index contributed by atoms with van der Waals surface area (Å²) in [6.45, 7) is 5.45. The molecule has 18 heavy (non-hydrogen) atoms. The van der Waals surface area contributed by atoms with Gasteiger partial charge in [-0.25, -0.2) is 9.97 Å². The quantitative estimate of drug-likeness (QED) is 0.877. The molecule has 0 radical (unpaired) electrons. The molecule has 0 spiro atoms. The van der Waals surface area contributed by atoms with Crippen LogP contribution in [0.3, 0.4) is 0 Å². The van der Waals surface area contributed by atoms with Crippen LogP contribution in [0.25, 0.3) is 0 Å². The molecule has 0 unspecified atom stereocenters. The van der Waals surface area contributed by atoms with Crippen LogP contribution in [0.5, 0.6) is 0 Å². The van der Waals surface area contributed by atoms with Crippen LogP contribution in [0.1, 0.15) is 37.9 Å². The molecular formula is C13H20N4O. The Morgan fingerprint density at radius 3 is 2.89 bits per heavy atom. The fourth-order valence-electron chi connectivity index (χ4n) is 2.40. The lowest BCUT2D eigenvalue weighted by Gasteiger charge is -2.30. The fraction of sp³-hybridized carbons (Fsp3) is 0.615. The molecule has 1 aromatic rings. The van der Waals surface area contributed by atoms with Gasteiger partial charge in [0.2, 0.25) is 11.9 Å². The highest BCUT2D eigenvalue weighted by Gasteiger charge is 2.26. The minimum absolute atomic E-state index is 0.130. The minimum atomic E-state index is 0.130. The second-order valence-corrected chi connectivity index (χ2v) is 4.72. The van der Waals surface area contributed by atoms with Crippen molar-refractivity contribution >= 4 is 11.9 Å². The summed E-state index contributed by atoms with van der Waals surface area (Å²) < 4.78 is 0. The smallest absolute Gasteiger partial charge is 0.226 e. The Hall–Kier alpha value is -1.65. The third-order valence-corrected chi connectivity index (χ3v) is 3.61. The molecule has 0 aliphatic carbocycles. The predicted molar refractivity (Wildman–Crippen MR) is 69.6 cm³/mol. The van der Waals surface area contributed by atoms with Crippen LogP contribution < -0.4 is 5.73 Å². The van der Waals surface area contributed by atoms with Gasteiger partial charge in [0.05, 0.1) is 12.2 Å². The van der Waals surface area contributed by atoms with Crippen LogP contribution in [0.2, 0.25) is 0 Å². The van der Waals surface area contributed by atoms with Gasteiger partial charge in [0, 0.05) is 18.7 Å². The Labute approximate surface area is 107 Å². The molecule has 2 N–H and O–H groups in total. The molecule has 2 rings (SSSR count). The van der Waals surface area contributed by atoms with E-state index in [1.54, 1.807) is 6.20 Å². The Morgan fingerprint density at radius 2 is 2.22 bits per heavy atom. The highest BCUT2D eigenvalue weighted by Crippen LogP contribution is 2.20. The Kier molecular flexibility index (Phi) is 3.79. The summed E-state index contributed by atoms with van der Waals surface area (Å²) in [5.41, 5.74) is 7.60. The second-order valence-electron chi connectivity index (χ2n) is 4.72. The minimum Gasteiger partial charge on any atom is -0.368 e. The van der Waals surface area contributed by atoms with E-state index in [9.17, 15) is 4.79 Å². The van der Waals surface area contributed by atoms with Gasteiger partial charge < -0.3 is 10.6 Å². The topological polar surface area (TPSA) is 72.1 Å². The lowest BCUT2D eigenvalue weighted by atomic mass is 9.99. The van der Waals surface area contributed by atoms with Gasteiger partial charge in [-0.2, -0.15) is 0 Å². The van der Waals surface area contributed by atoms with Crippen molar-refractivity contribution in [1.29, 1.82) is 0 Å². The molecule has 0 saturated carbocycles. The third kappa shape index (κ3) is 2.44. The number of hydrogen-bond donors (Lipinski definition) is 1. The van der Waals surface area contributed by atoms with Crippen LogP contribution in [-0.2, 0) is 17.8 Å². The van der Waals surface area contributed by atoms with E-state index >= 15 is 0 Å². The summed E-state index contributed by atoms with van der Waals surface area (Å²) in [6, 6.07) is 0. The van der Waals surface area contributed by atoms with Crippen LogP contribution >= 0.6 is 0 Å². The highest BCUT2D eigenvalue weighted by molar-refractivity contribution is 5.79. The van der Waals surface area contributed by atoms with Crippen LogP contribution in [0.15, 0.2) is 6.20 Å². The second kappa shape index (κ2) is 5.33. The zero-order valence-electron chi connectivity index (χ0n) is 11.0. The molecule has 0 saturated heterocycles. The summed E-state index contributed by atoms with van der Waals surface area (Å²) in [6.07, 6.45) is 4.38. The number of nitrogens with two attached hydrogens (primary N) is 1. The van der Waals surface area contributed by atoms with E-state index in [1.165, 1.54) is 0 Å². The van der Waals surface area contributed by atoms with E-state index < -0.39 is 0 Å². The van der Waals surface area contributed by atoms with Gasteiger partial charge in [-0.3, -0.25) is 4.79 Å². The standard InChI is InChI=1S/C13H20N4O/c1-3-9(4-2)12(18)17-6-5-10-7-15-13(14)16-11(10)8-17/h7,9H,3-6,8H2,1-2H3,(H2,14,15,16). The van der Waals surface area contributed by atoms with Gasteiger partial charge in [-0.1, -0.05) is 13.8 Å². The number of carbonyl (C=O) groups is 1. The van der Waals surface area contributed by atoms with Crippen molar-refractivity contribution in [3.8, 4) is 0 Å². The normalized spacial score (nSPS) is 14.7. The van der Waals surface area contributed by atoms with Crippen LogP contribution in [-0.4, -0.2) is 27.3 Å². The molecule has 1 aliphatic rings. The largest absolute Gasteiger partial charge is 0.368 e. The van der Waals surface area contributed by atoms with Crippen molar-refractivity contribution in [2.75, 3.05) is 12.3 Å². The van der Waals surface area contributed by atoms with Gasteiger partial charge in [0.15, 0.2) is 0 Å². The van der Waals surface area contributed by atoms with Gasteiger partial charge >= 0.3 is 0 Å². The third-order valence-electron chi connectivity index (χ3n) is 3.61. The maximum Gasteiger partial charge on any atom is 0.226 e. The summed E-state index contributed by atoms with van der Waals surface area (Å²) in [4.78, 5) is 22.4. The van der Waals surface area contributed by atoms with Crippen molar-refractivity contribution in [3.63, 3.8) is 0 Å². The average molecular weight is 248 g/mol. The molecule has 5 heteroatoms. The number of hydrogen-bond acceptors (Lipinski definition) is 4. The summed E-state index contributed by atoms with van der Waals surface area (Å²) in [5, 5.41) is 0. The van der Waals surface area contributed by atoms with Gasteiger partial charge in [0.1, 0.15) is 0 Å². The Morgan fingerprint density at radius 1 is 1.50 bits per heavy atom. The summed E-state index contributed by atoms with van der Waals surface area (Å²) in [7, 11) is 0. The molecular weight excluding hydrogens is 228 g/mol. The average Bonchev–Trinajstić information content (AvgIpc) is 2.39. The fourth-order valence-corrected chi connectivity index (χ4v) is 2.40. The van der Waals surface area contributed by atoms with Gasteiger partial charge in [-0.15, -0.1) is 0 Å². The SMILES string of the molecule is CCC(CC)C(=O)N1CCc2cnc(N)nc2C1. The van der Waals surface area contributed by atoms with Crippen molar-refractivity contribution < 1.29 is 4.79 Å². The molecule has 5 nitrogen and oxygen atoms in total. The van der Waals surface area contributed by atoms with Crippen LogP contribution in [0, 0.1) is 5.92 Å². The van der Waals surface area contributed by atoms with Crippen molar-refractivity contribution in [2.45, 2.75) is 39.7 Å². The first kappa shape index (κ1) is 12.8. The maximum atomic E-state index is 12.3. The number of carbonyl (C=O) groups excluding carboxylic acids is 1. The van der Waals surface area contributed by atoms with Gasteiger partial charge in [0.25, 0.3) is 0 Å². The van der Waals surface area contributed by atoms with E-state index in [0.29, 0.717) is 6.54 Å². The molecule has 98 valence electrons. The molecule has 1 aromatic heterocycles. The number of anilines is 1.